The van der Waals surface area contributed by atoms with E-state index in [1.807, 2.05) is 88.8 Å². The smallest absolute Gasteiger partial charge is 0.259 e. The third kappa shape index (κ3) is 11.3. The number of hydrogen-bond acceptors (Lipinski definition) is 20. The van der Waals surface area contributed by atoms with Crippen molar-refractivity contribution in [3.8, 4) is 23.2 Å². The number of nitrogen functional groups attached to an aromatic ring is 2. The van der Waals surface area contributed by atoms with Crippen molar-refractivity contribution in [3.63, 3.8) is 0 Å². The largest absolute Gasteiger partial charge is 0.461 e. The summed E-state index contributed by atoms with van der Waals surface area (Å²) in [6, 6.07) is 30.3. The third-order valence-electron chi connectivity index (χ3n) is 12.3. The monoisotopic (exact) mass is 1040 g/mol. The summed E-state index contributed by atoms with van der Waals surface area (Å²) in [4.78, 5) is 62.6. The van der Waals surface area contributed by atoms with Gasteiger partial charge in [0.15, 0.2) is 11.5 Å². The van der Waals surface area contributed by atoms with Crippen molar-refractivity contribution < 1.29 is 26.8 Å². The number of amides is 2. The Morgan fingerprint density at radius 3 is 1.61 bits per heavy atom. The second kappa shape index (κ2) is 21.9. The molecule has 7 N–H and O–H groups in total. The van der Waals surface area contributed by atoms with Gasteiger partial charge in [-0.1, -0.05) is 36.4 Å². The van der Waals surface area contributed by atoms with Crippen molar-refractivity contribution in [2.24, 2.45) is 5.73 Å². The molecule has 2 aliphatic rings. The number of carbonyl (C=O) groups excluding carboxylic acids is 2. The molecule has 76 heavy (non-hydrogen) atoms. The minimum atomic E-state index is -3.57. The predicted octanol–water partition coefficient (Wildman–Crippen LogP) is 4.16. The molecule has 0 saturated heterocycles. The molecule has 0 saturated carbocycles. The maximum atomic E-state index is 13.0. The SMILES string of the molecule is CS(=O)(=O)c1nc(N)n2nc(-c3ccco3)nc2n1.NCCc1ccc(C(=O)N2CCc3ncccc3C2)cc1.Nc1nc(NCCc2ccc(C(=O)N3CCc4ncccc4C3)cc2)nc2nc(-c3ccco3)nn12. The lowest BCUT2D eigenvalue weighted by Crippen LogP contribution is -2.36. The fourth-order valence-corrected chi connectivity index (χ4v) is 8.92. The number of pyridine rings is 2. The molecule has 2 amide bonds. The second-order valence-corrected chi connectivity index (χ2v) is 19.5. The van der Waals surface area contributed by atoms with Crippen LogP contribution in [-0.4, -0.2) is 122 Å². The molecule has 12 rings (SSSR count). The van der Waals surface area contributed by atoms with Crippen LogP contribution in [0.4, 0.5) is 17.8 Å². The zero-order chi connectivity index (χ0) is 52.8. The molecule has 25 heteroatoms. The molecule has 2 aromatic carbocycles. The van der Waals surface area contributed by atoms with Gasteiger partial charge in [0.1, 0.15) is 0 Å². The Hall–Kier alpha value is -9.49. The van der Waals surface area contributed by atoms with Gasteiger partial charge in [-0.3, -0.25) is 19.6 Å². The van der Waals surface area contributed by atoms with Crippen LogP contribution in [0, 0.1) is 0 Å². The summed E-state index contributed by atoms with van der Waals surface area (Å²) in [5.41, 5.74) is 25.3. The van der Waals surface area contributed by atoms with E-state index in [4.69, 9.17) is 26.0 Å². The highest BCUT2D eigenvalue weighted by molar-refractivity contribution is 7.90. The van der Waals surface area contributed by atoms with Crippen LogP contribution in [0.15, 0.2) is 136 Å². The van der Waals surface area contributed by atoms with E-state index in [1.54, 1.807) is 36.7 Å². The van der Waals surface area contributed by atoms with Crippen LogP contribution in [0.2, 0.25) is 0 Å². The van der Waals surface area contributed by atoms with Crippen molar-refractivity contribution in [2.45, 2.75) is 43.9 Å². The number of benzene rings is 2. The molecule has 10 aromatic rings. The van der Waals surface area contributed by atoms with Gasteiger partial charge >= 0.3 is 0 Å². The molecule has 0 fully saturated rings. The van der Waals surface area contributed by atoms with Gasteiger partial charge in [-0.25, -0.2) is 8.42 Å². The first-order valence-electron chi connectivity index (χ1n) is 24.0. The number of nitrogens with one attached hydrogen (secondary N) is 1. The summed E-state index contributed by atoms with van der Waals surface area (Å²) in [6.07, 6.45) is 10.8. The number of sulfone groups is 1. The van der Waals surface area contributed by atoms with E-state index in [9.17, 15) is 18.0 Å². The fourth-order valence-electron chi connectivity index (χ4n) is 8.41. The maximum absolute atomic E-state index is 13.0. The number of rotatable bonds is 11. The normalized spacial score (nSPS) is 13.0. The van der Waals surface area contributed by atoms with Crippen molar-refractivity contribution >= 4 is 51.1 Å². The van der Waals surface area contributed by atoms with Gasteiger partial charge in [-0.15, -0.1) is 10.2 Å². The molecule has 0 bridgehead atoms. The Balaban J connectivity index is 0.000000140. The average Bonchev–Trinajstić information content (AvgIpc) is 4.30. The highest BCUT2D eigenvalue weighted by Gasteiger charge is 2.24. The zero-order valence-corrected chi connectivity index (χ0v) is 41.8. The molecule has 8 aromatic heterocycles. The molecule has 0 unspecified atom stereocenters. The number of nitrogens with two attached hydrogens (primary N) is 3. The molecule has 0 spiro atoms. The summed E-state index contributed by atoms with van der Waals surface area (Å²) in [5, 5.41) is 11.1. The van der Waals surface area contributed by atoms with Gasteiger partial charge < -0.3 is 41.2 Å². The molecular weight excluding hydrogens is 993 g/mol. The van der Waals surface area contributed by atoms with Gasteiger partial charge in [0.2, 0.25) is 39.3 Å². The van der Waals surface area contributed by atoms with Crippen LogP contribution in [0.3, 0.4) is 0 Å². The number of furan rings is 2. The molecule has 24 nitrogen and oxygen atoms in total. The summed E-state index contributed by atoms with van der Waals surface area (Å²) in [7, 11) is -3.57. The summed E-state index contributed by atoms with van der Waals surface area (Å²) >= 11 is 0. The number of nitrogens with zero attached hydrogens (tertiary/aromatic N) is 14. The Kier molecular flexibility index (Phi) is 14.4. The lowest BCUT2D eigenvalue weighted by molar-refractivity contribution is 0.0726. The van der Waals surface area contributed by atoms with E-state index in [-0.39, 0.29) is 35.3 Å². The predicted molar refractivity (Wildman–Crippen MR) is 278 cm³/mol. The average molecular weight is 1040 g/mol. The molecule has 10 heterocycles. The summed E-state index contributed by atoms with van der Waals surface area (Å²) in [6.45, 7) is 3.86. The minimum Gasteiger partial charge on any atom is -0.461 e. The molecule has 0 atom stereocenters. The minimum absolute atomic E-state index is 0.0357. The van der Waals surface area contributed by atoms with Crippen molar-refractivity contribution in [1.29, 1.82) is 0 Å². The first-order chi connectivity index (χ1) is 36.9. The Labute approximate surface area is 434 Å². The standard InChI is InChI=1S/C25H23N9O2.C17H19N3O.C9H8N6O3S/c26-23-30-24(31-25-29-21(32-34(23)25)20-4-2-14-36-20)28-12-9-16-5-7-17(8-6-16)22(35)33-13-10-19-18(15-33)3-1-11-27-19;18-9-7-13-3-5-14(6-4-13)17(21)20-11-8-16-15(12-20)2-1-10-19-16;1-19(16,17)9-12-7(10)15-8(13-9)11-6(14-15)5-3-2-4-18-5/h1-8,11,14H,9-10,12-13,15H2,(H3,26,28,29,30,31,32);1-6,10H,7-9,11-12,18H2;2-4H,1H3,(H2,10,11,12,13,14). The van der Waals surface area contributed by atoms with Crippen LogP contribution < -0.4 is 22.5 Å². The molecule has 2 aliphatic heterocycles. The van der Waals surface area contributed by atoms with E-state index < -0.39 is 15.0 Å². The summed E-state index contributed by atoms with van der Waals surface area (Å²) < 4.78 is 35.8. The number of aromatic nitrogens is 12. The number of carbonyl (C=O) groups is 2. The third-order valence-corrected chi connectivity index (χ3v) is 13.1. The van der Waals surface area contributed by atoms with Gasteiger partial charge in [-0.2, -0.15) is 38.9 Å². The van der Waals surface area contributed by atoms with Gasteiger partial charge in [0.25, 0.3) is 28.5 Å². The number of hydrogen-bond donors (Lipinski definition) is 4. The van der Waals surface area contributed by atoms with E-state index in [0.29, 0.717) is 67.4 Å². The first kappa shape index (κ1) is 50.1. The number of fused-ring (bicyclic) bond motifs is 4. The van der Waals surface area contributed by atoms with Crippen molar-refractivity contribution in [2.75, 3.05) is 49.2 Å². The topological polar surface area (TPSA) is 329 Å². The van der Waals surface area contributed by atoms with E-state index in [1.165, 1.54) is 16.3 Å². The van der Waals surface area contributed by atoms with E-state index in [0.717, 1.165) is 76.6 Å². The first-order valence-corrected chi connectivity index (χ1v) is 25.9. The highest BCUT2D eigenvalue weighted by Crippen LogP contribution is 2.23. The summed E-state index contributed by atoms with van der Waals surface area (Å²) in [5.74, 6) is 2.50. The van der Waals surface area contributed by atoms with E-state index >= 15 is 0 Å². The van der Waals surface area contributed by atoms with Crippen molar-refractivity contribution in [1.82, 2.24) is 68.9 Å². The van der Waals surface area contributed by atoms with Crippen LogP contribution in [0.1, 0.15) is 54.4 Å². The lowest BCUT2D eigenvalue weighted by atomic mass is 10.0. The molecular formula is C51H50N18O6S. The maximum Gasteiger partial charge on any atom is 0.259 e. The van der Waals surface area contributed by atoms with Gasteiger partial charge in [0, 0.05) is 86.7 Å². The van der Waals surface area contributed by atoms with Gasteiger partial charge in [-0.05, 0) is 102 Å². The molecule has 386 valence electrons. The van der Waals surface area contributed by atoms with Gasteiger partial charge in [0.05, 0.1) is 12.5 Å². The van der Waals surface area contributed by atoms with Crippen LogP contribution >= 0.6 is 0 Å². The lowest BCUT2D eigenvalue weighted by Gasteiger charge is -2.28. The quantitative estimate of drug-likeness (QED) is 0.141. The zero-order valence-electron chi connectivity index (χ0n) is 41.0. The Bertz CT molecular complexity index is 3770. The molecule has 0 radical (unpaired) electrons. The number of anilines is 3. The fraction of sp³-hybridized carbons (Fsp3) is 0.216. The van der Waals surface area contributed by atoms with E-state index in [2.05, 4.69) is 55.4 Å². The van der Waals surface area contributed by atoms with Crippen molar-refractivity contribution in [3.05, 3.63) is 167 Å². The Morgan fingerprint density at radius 1 is 0.618 bits per heavy atom. The Morgan fingerprint density at radius 2 is 1.12 bits per heavy atom. The van der Waals surface area contributed by atoms with Crippen LogP contribution in [-0.2, 0) is 48.6 Å². The molecule has 0 aliphatic carbocycles. The van der Waals surface area contributed by atoms with Crippen LogP contribution in [0.5, 0.6) is 0 Å². The van der Waals surface area contributed by atoms with Crippen LogP contribution in [0.25, 0.3) is 34.7 Å². The second-order valence-electron chi connectivity index (χ2n) is 17.6. The highest BCUT2D eigenvalue weighted by atomic mass is 32.2.